The third-order valence-corrected chi connectivity index (χ3v) is 6.20. The maximum atomic E-state index is 13.3. The van der Waals surface area contributed by atoms with Crippen LogP contribution in [0.2, 0.25) is 0 Å². The number of benzene rings is 2. The summed E-state index contributed by atoms with van der Waals surface area (Å²) in [5.74, 6) is 0.203. The first-order valence-electron chi connectivity index (χ1n) is 8.52. The van der Waals surface area contributed by atoms with Gasteiger partial charge in [-0.3, -0.25) is 9.10 Å². The van der Waals surface area contributed by atoms with Crippen LogP contribution in [0.15, 0.2) is 59.5 Å². The molecule has 0 spiro atoms. The van der Waals surface area contributed by atoms with E-state index >= 15 is 0 Å². The minimum Gasteiger partial charge on any atom is -0.495 e. The molecule has 1 fully saturated rings. The van der Waals surface area contributed by atoms with Crippen LogP contribution in [0.3, 0.4) is 0 Å². The average Bonchev–Trinajstić information content (AvgIpc) is 3.21. The summed E-state index contributed by atoms with van der Waals surface area (Å²) in [5.41, 5.74) is 0.353. The second-order valence-corrected chi connectivity index (χ2v) is 7.95. The molecule has 1 aliphatic rings. The Kier molecular flexibility index (Phi) is 5.46. The summed E-state index contributed by atoms with van der Waals surface area (Å²) in [5, 5.41) is 0. The standard InChI is InChI=1S/C19H22N2O4S/c1-25-18-12-6-5-11-17(18)21(15-19(22)20-13-7-8-14-20)26(23,24)16-9-3-2-4-10-16/h2-6,9-12H,7-8,13-15H2,1H3. The number of hydrogen-bond donors (Lipinski definition) is 0. The summed E-state index contributed by atoms with van der Waals surface area (Å²) in [6.45, 7) is 1.09. The van der Waals surface area contributed by atoms with Gasteiger partial charge in [0.15, 0.2) is 0 Å². The normalized spacial score (nSPS) is 14.3. The first-order valence-corrected chi connectivity index (χ1v) is 9.96. The molecule has 0 radical (unpaired) electrons. The summed E-state index contributed by atoms with van der Waals surface area (Å²) < 4.78 is 33.0. The first-order chi connectivity index (χ1) is 12.5. The number of hydrogen-bond acceptors (Lipinski definition) is 4. The molecule has 7 heteroatoms. The summed E-state index contributed by atoms with van der Waals surface area (Å²) in [4.78, 5) is 14.5. The van der Waals surface area contributed by atoms with E-state index in [-0.39, 0.29) is 17.3 Å². The molecule has 2 aromatic rings. The van der Waals surface area contributed by atoms with E-state index in [9.17, 15) is 13.2 Å². The molecule has 3 rings (SSSR count). The zero-order valence-electron chi connectivity index (χ0n) is 14.7. The fourth-order valence-electron chi connectivity index (χ4n) is 3.04. The zero-order chi connectivity index (χ0) is 18.6. The Bertz CT molecular complexity index is 862. The van der Waals surface area contributed by atoms with Crippen molar-refractivity contribution in [3.8, 4) is 5.75 Å². The van der Waals surface area contributed by atoms with E-state index in [2.05, 4.69) is 0 Å². The highest BCUT2D eigenvalue weighted by Crippen LogP contribution is 2.32. The molecule has 0 aromatic heterocycles. The van der Waals surface area contributed by atoms with Crippen LogP contribution in [0.25, 0.3) is 0 Å². The third-order valence-electron chi connectivity index (χ3n) is 4.42. The number of sulfonamides is 1. The van der Waals surface area contributed by atoms with E-state index < -0.39 is 10.0 Å². The Morgan fingerprint density at radius 2 is 1.65 bits per heavy atom. The second-order valence-electron chi connectivity index (χ2n) is 6.08. The molecule has 1 amide bonds. The fraction of sp³-hybridized carbons (Fsp3) is 0.316. The molecule has 1 saturated heterocycles. The van der Waals surface area contributed by atoms with Gasteiger partial charge in [-0.25, -0.2) is 8.42 Å². The highest BCUT2D eigenvalue weighted by Gasteiger charge is 2.31. The number of likely N-dealkylation sites (tertiary alicyclic amines) is 1. The van der Waals surface area contributed by atoms with Gasteiger partial charge in [0.1, 0.15) is 12.3 Å². The van der Waals surface area contributed by atoms with Crippen LogP contribution in [0.4, 0.5) is 5.69 Å². The molecule has 0 aliphatic carbocycles. The summed E-state index contributed by atoms with van der Waals surface area (Å²) in [6, 6.07) is 15.0. The van der Waals surface area contributed by atoms with Gasteiger partial charge in [-0.2, -0.15) is 0 Å². The van der Waals surface area contributed by atoms with Crippen LogP contribution in [-0.2, 0) is 14.8 Å². The van der Waals surface area contributed by atoms with Gasteiger partial charge in [-0.1, -0.05) is 30.3 Å². The van der Waals surface area contributed by atoms with Crippen LogP contribution in [-0.4, -0.2) is 46.0 Å². The summed E-state index contributed by atoms with van der Waals surface area (Å²) in [7, 11) is -2.42. The molecule has 26 heavy (non-hydrogen) atoms. The van der Waals surface area contributed by atoms with Crippen LogP contribution in [0.1, 0.15) is 12.8 Å². The SMILES string of the molecule is COc1ccccc1N(CC(=O)N1CCCC1)S(=O)(=O)c1ccccc1. The molecule has 1 aliphatic heterocycles. The first kappa shape index (κ1) is 18.3. The number of methoxy groups -OCH3 is 1. The molecule has 0 saturated carbocycles. The van der Waals surface area contributed by atoms with Crippen molar-refractivity contribution in [3.05, 3.63) is 54.6 Å². The molecule has 6 nitrogen and oxygen atoms in total. The predicted molar refractivity (Wildman–Crippen MR) is 99.8 cm³/mol. The van der Waals surface area contributed by atoms with E-state index in [1.807, 2.05) is 0 Å². The smallest absolute Gasteiger partial charge is 0.264 e. The van der Waals surface area contributed by atoms with Crippen LogP contribution in [0.5, 0.6) is 5.75 Å². The van der Waals surface area contributed by atoms with Gasteiger partial charge < -0.3 is 9.64 Å². The van der Waals surface area contributed by atoms with Crippen molar-refractivity contribution in [2.75, 3.05) is 31.0 Å². The Labute approximate surface area is 154 Å². The van der Waals surface area contributed by atoms with Gasteiger partial charge in [0.25, 0.3) is 10.0 Å². The number of carbonyl (C=O) groups excluding carboxylic acids is 1. The molecule has 2 aromatic carbocycles. The van der Waals surface area contributed by atoms with Crippen molar-refractivity contribution >= 4 is 21.6 Å². The largest absolute Gasteiger partial charge is 0.495 e. The lowest BCUT2D eigenvalue weighted by molar-refractivity contribution is -0.128. The lowest BCUT2D eigenvalue weighted by Gasteiger charge is -2.27. The van der Waals surface area contributed by atoms with E-state index in [1.54, 1.807) is 47.4 Å². The Hall–Kier alpha value is -2.54. The van der Waals surface area contributed by atoms with E-state index in [0.29, 0.717) is 24.5 Å². The second kappa shape index (κ2) is 7.78. The lowest BCUT2D eigenvalue weighted by atomic mass is 10.3. The van der Waals surface area contributed by atoms with Gasteiger partial charge in [0, 0.05) is 13.1 Å². The number of para-hydroxylation sites is 2. The molecule has 0 unspecified atom stereocenters. The number of amides is 1. The van der Waals surface area contributed by atoms with Gasteiger partial charge >= 0.3 is 0 Å². The summed E-state index contributed by atoms with van der Waals surface area (Å²) >= 11 is 0. The topological polar surface area (TPSA) is 66.9 Å². The van der Waals surface area contributed by atoms with E-state index in [0.717, 1.165) is 17.1 Å². The van der Waals surface area contributed by atoms with Crippen LogP contribution in [0, 0.1) is 0 Å². The van der Waals surface area contributed by atoms with Crippen LogP contribution >= 0.6 is 0 Å². The number of rotatable bonds is 6. The van der Waals surface area contributed by atoms with Crippen molar-refractivity contribution < 1.29 is 17.9 Å². The van der Waals surface area contributed by atoms with E-state index in [4.69, 9.17) is 4.74 Å². The molecule has 0 atom stereocenters. The Morgan fingerprint density at radius 3 is 2.31 bits per heavy atom. The minimum absolute atomic E-state index is 0.139. The highest BCUT2D eigenvalue weighted by molar-refractivity contribution is 7.92. The minimum atomic E-state index is -3.91. The van der Waals surface area contributed by atoms with Crippen molar-refractivity contribution in [1.29, 1.82) is 0 Å². The number of ether oxygens (including phenoxy) is 1. The van der Waals surface area contributed by atoms with Gasteiger partial charge in [-0.15, -0.1) is 0 Å². The third kappa shape index (κ3) is 3.67. The molecule has 0 N–H and O–H groups in total. The monoisotopic (exact) mass is 374 g/mol. The predicted octanol–water partition coefficient (Wildman–Crippen LogP) is 2.51. The molecular weight excluding hydrogens is 352 g/mol. The van der Waals surface area contributed by atoms with E-state index in [1.165, 1.54) is 19.2 Å². The van der Waals surface area contributed by atoms with Gasteiger partial charge in [0.05, 0.1) is 17.7 Å². The van der Waals surface area contributed by atoms with Crippen molar-refractivity contribution in [3.63, 3.8) is 0 Å². The quantitative estimate of drug-likeness (QED) is 0.779. The zero-order valence-corrected chi connectivity index (χ0v) is 15.5. The fourth-order valence-corrected chi connectivity index (χ4v) is 4.49. The average molecular weight is 374 g/mol. The maximum Gasteiger partial charge on any atom is 0.264 e. The molecular formula is C19H22N2O4S. The Balaban J connectivity index is 2.02. The van der Waals surface area contributed by atoms with Gasteiger partial charge in [-0.05, 0) is 37.1 Å². The number of carbonyl (C=O) groups is 1. The molecule has 1 heterocycles. The van der Waals surface area contributed by atoms with Crippen LogP contribution < -0.4 is 9.04 Å². The summed E-state index contributed by atoms with van der Waals surface area (Å²) in [6.07, 6.45) is 1.90. The van der Waals surface area contributed by atoms with Crippen molar-refractivity contribution in [2.45, 2.75) is 17.7 Å². The molecule has 0 bridgehead atoms. The lowest BCUT2D eigenvalue weighted by Crippen LogP contribution is -2.42. The Morgan fingerprint density at radius 1 is 1.04 bits per heavy atom. The number of anilines is 1. The molecule has 138 valence electrons. The maximum absolute atomic E-state index is 13.3. The number of nitrogens with zero attached hydrogens (tertiary/aromatic N) is 2. The highest BCUT2D eigenvalue weighted by atomic mass is 32.2. The van der Waals surface area contributed by atoms with Crippen molar-refractivity contribution in [2.24, 2.45) is 0 Å². The van der Waals surface area contributed by atoms with Crippen molar-refractivity contribution in [1.82, 2.24) is 4.90 Å². The van der Waals surface area contributed by atoms with Gasteiger partial charge in [0.2, 0.25) is 5.91 Å².